The highest BCUT2D eigenvalue weighted by atomic mass is 19.1. The van der Waals surface area contributed by atoms with Gasteiger partial charge in [-0.2, -0.15) is 0 Å². The highest BCUT2D eigenvalue weighted by Gasteiger charge is 2.22. The monoisotopic (exact) mass is 348 g/mol. The zero-order chi connectivity index (χ0) is 18.2. The minimum Gasteiger partial charge on any atom is -0.488 e. The van der Waals surface area contributed by atoms with Crippen molar-refractivity contribution in [2.45, 2.75) is 13.5 Å². The van der Waals surface area contributed by atoms with E-state index < -0.39 is 23.6 Å². The first-order valence-electron chi connectivity index (χ1n) is 7.43. The molecule has 0 saturated carbocycles. The minimum absolute atomic E-state index is 0.0671. The molecular weight excluding hydrogens is 331 g/mol. The second kappa shape index (κ2) is 8.62. The molecule has 0 spiro atoms. The number of carbonyl (C=O) groups is 2. The first kappa shape index (κ1) is 18.2. The summed E-state index contributed by atoms with van der Waals surface area (Å²) < 4.78 is 29.8. The Kier molecular flexibility index (Phi) is 6.27. The van der Waals surface area contributed by atoms with Gasteiger partial charge in [0.2, 0.25) is 5.76 Å². The fourth-order valence-electron chi connectivity index (χ4n) is 1.91. The zero-order valence-electron chi connectivity index (χ0n) is 13.8. The van der Waals surface area contributed by atoms with E-state index in [0.29, 0.717) is 0 Å². The number of rotatable bonds is 6. The van der Waals surface area contributed by atoms with Crippen LogP contribution in [-0.4, -0.2) is 35.3 Å². The lowest BCUT2D eigenvalue weighted by Crippen LogP contribution is -2.12. The third kappa shape index (κ3) is 4.66. The van der Waals surface area contributed by atoms with Crippen molar-refractivity contribution in [3.8, 4) is 0 Å². The van der Waals surface area contributed by atoms with Gasteiger partial charge in [-0.05, 0) is 12.5 Å². The Morgan fingerprint density at radius 2 is 1.92 bits per heavy atom. The average molecular weight is 348 g/mol. The SMILES string of the molecule is CCOC(=O)/C(OC)=C(/F)c1cn(C(=O)OCc2ccccc2)cn1. The predicted octanol–water partition coefficient (Wildman–Crippen LogP) is 2.92. The number of aromatic nitrogens is 2. The van der Waals surface area contributed by atoms with Gasteiger partial charge in [-0.1, -0.05) is 30.3 Å². The molecule has 0 radical (unpaired) electrons. The number of ether oxygens (including phenoxy) is 3. The number of methoxy groups -OCH3 is 1. The molecule has 0 amide bonds. The van der Waals surface area contributed by atoms with Crippen LogP contribution in [0.1, 0.15) is 18.2 Å². The number of nitrogens with zero attached hydrogens (tertiary/aromatic N) is 2. The topological polar surface area (TPSA) is 79.7 Å². The molecule has 1 heterocycles. The van der Waals surface area contributed by atoms with Crippen LogP contribution in [0.2, 0.25) is 0 Å². The van der Waals surface area contributed by atoms with E-state index in [2.05, 4.69) is 4.98 Å². The molecule has 132 valence electrons. The van der Waals surface area contributed by atoms with Gasteiger partial charge in [-0.25, -0.2) is 23.5 Å². The lowest BCUT2D eigenvalue weighted by atomic mass is 10.2. The first-order valence-corrected chi connectivity index (χ1v) is 7.43. The number of carbonyl (C=O) groups excluding carboxylic acids is 2. The van der Waals surface area contributed by atoms with Gasteiger partial charge < -0.3 is 14.2 Å². The maximum Gasteiger partial charge on any atom is 0.419 e. The van der Waals surface area contributed by atoms with Gasteiger partial charge in [0.25, 0.3) is 0 Å². The van der Waals surface area contributed by atoms with E-state index in [-0.39, 0.29) is 18.9 Å². The molecule has 7 nitrogen and oxygen atoms in total. The van der Waals surface area contributed by atoms with Crippen LogP contribution in [0.4, 0.5) is 9.18 Å². The van der Waals surface area contributed by atoms with Crippen molar-refractivity contribution in [3.63, 3.8) is 0 Å². The van der Waals surface area contributed by atoms with Crippen LogP contribution in [0.5, 0.6) is 0 Å². The van der Waals surface area contributed by atoms with Crippen molar-refractivity contribution in [1.82, 2.24) is 9.55 Å². The lowest BCUT2D eigenvalue weighted by Gasteiger charge is -2.06. The molecule has 1 aromatic carbocycles. The van der Waals surface area contributed by atoms with Crippen molar-refractivity contribution in [2.24, 2.45) is 0 Å². The summed E-state index contributed by atoms with van der Waals surface area (Å²) in [6.07, 6.45) is 1.45. The third-order valence-electron chi connectivity index (χ3n) is 3.09. The Hall–Kier alpha value is -3.16. The van der Waals surface area contributed by atoms with Crippen LogP contribution < -0.4 is 0 Å². The van der Waals surface area contributed by atoms with E-state index in [1.54, 1.807) is 19.1 Å². The van der Waals surface area contributed by atoms with Gasteiger partial charge in [0.15, 0.2) is 5.83 Å². The maximum atomic E-state index is 14.3. The van der Waals surface area contributed by atoms with Gasteiger partial charge in [0.1, 0.15) is 18.6 Å². The van der Waals surface area contributed by atoms with Crippen LogP contribution >= 0.6 is 0 Å². The molecule has 8 heteroatoms. The van der Waals surface area contributed by atoms with Gasteiger partial charge in [-0.3, -0.25) is 0 Å². The Labute approximate surface area is 143 Å². The van der Waals surface area contributed by atoms with Gasteiger partial charge in [-0.15, -0.1) is 0 Å². The van der Waals surface area contributed by atoms with E-state index in [0.717, 1.165) is 29.8 Å². The summed E-state index contributed by atoms with van der Waals surface area (Å²) in [7, 11) is 1.14. The normalized spacial score (nSPS) is 11.5. The van der Waals surface area contributed by atoms with Gasteiger partial charge >= 0.3 is 12.1 Å². The number of hydrogen-bond acceptors (Lipinski definition) is 6. The number of benzene rings is 1. The highest BCUT2D eigenvalue weighted by Crippen LogP contribution is 2.20. The summed E-state index contributed by atoms with van der Waals surface area (Å²) in [4.78, 5) is 27.3. The van der Waals surface area contributed by atoms with E-state index in [9.17, 15) is 14.0 Å². The van der Waals surface area contributed by atoms with E-state index >= 15 is 0 Å². The summed E-state index contributed by atoms with van der Waals surface area (Å²) in [6.45, 7) is 1.72. The molecule has 1 aromatic heterocycles. The Balaban J connectivity index is 2.10. The molecule has 0 saturated heterocycles. The third-order valence-corrected chi connectivity index (χ3v) is 3.09. The summed E-state index contributed by atoms with van der Waals surface area (Å²) in [5, 5.41) is 0. The van der Waals surface area contributed by atoms with Crippen molar-refractivity contribution in [1.29, 1.82) is 0 Å². The van der Waals surface area contributed by atoms with Crippen molar-refractivity contribution >= 4 is 17.9 Å². The molecule has 2 rings (SSSR count). The van der Waals surface area contributed by atoms with Crippen molar-refractivity contribution in [2.75, 3.05) is 13.7 Å². The Bertz CT molecular complexity index is 770. The number of imidazole rings is 1. The van der Waals surface area contributed by atoms with E-state index in [1.165, 1.54) is 0 Å². The fourth-order valence-corrected chi connectivity index (χ4v) is 1.91. The van der Waals surface area contributed by atoms with Crippen LogP contribution in [0.3, 0.4) is 0 Å². The first-order chi connectivity index (χ1) is 12.1. The summed E-state index contributed by atoms with van der Waals surface area (Å²) in [5.74, 6) is -2.61. The molecule has 0 aliphatic carbocycles. The molecule has 0 aliphatic rings. The fraction of sp³-hybridized carbons (Fsp3) is 0.235. The molecule has 25 heavy (non-hydrogen) atoms. The average Bonchev–Trinajstić information content (AvgIpc) is 3.11. The molecule has 0 aliphatic heterocycles. The number of halogens is 1. The zero-order valence-corrected chi connectivity index (χ0v) is 13.8. The Morgan fingerprint density at radius 3 is 2.56 bits per heavy atom. The summed E-state index contributed by atoms with van der Waals surface area (Å²) >= 11 is 0. The van der Waals surface area contributed by atoms with Crippen molar-refractivity contribution < 1.29 is 28.2 Å². The second-order valence-electron chi connectivity index (χ2n) is 4.77. The van der Waals surface area contributed by atoms with E-state index in [4.69, 9.17) is 14.2 Å². The number of esters is 1. The van der Waals surface area contributed by atoms with Crippen LogP contribution in [0.15, 0.2) is 48.6 Å². The standard InChI is InChI=1S/C17H17FN2O5/c1-3-24-16(21)15(23-2)14(18)13-9-20(11-19-13)17(22)25-10-12-7-5-4-6-8-12/h4-9,11H,3,10H2,1-2H3/b15-14-. The second-order valence-corrected chi connectivity index (χ2v) is 4.77. The van der Waals surface area contributed by atoms with Crippen LogP contribution in [-0.2, 0) is 25.6 Å². The highest BCUT2D eigenvalue weighted by molar-refractivity contribution is 5.93. The molecule has 0 fully saturated rings. The van der Waals surface area contributed by atoms with Gasteiger partial charge in [0, 0.05) is 6.20 Å². The maximum absolute atomic E-state index is 14.3. The molecule has 2 aromatic rings. The van der Waals surface area contributed by atoms with Crippen LogP contribution in [0, 0.1) is 0 Å². The predicted molar refractivity (Wildman–Crippen MR) is 85.9 cm³/mol. The lowest BCUT2D eigenvalue weighted by molar-refractivity contribution is -0.142. The smallest absolute Gasteiger partial charge is 0.419 e. The molecule has 0 bridgehead atoms. The minimum atomic E-state index is -1.03. The molecular formula is C17H17FN2O5. The summed E-state index contributed by atoms with van der Waals surface area (Å²) in [6, 6.07) is 9.10. The van der Waals surface area contributed by atoms with Crippen molar-refractivity contribution in [3.05, 3.63) is 59.9 Å². The number of hydrogen-bond donors (Lipinski definition) is 0. The molecule has 0 N–H and O–H groups in total. The Morgan fingerprint density at radius 1 is 1.20 bits per heavy atom. The van der Waals surface area contributed by atoms with Gasteiger partial charge in [0.05, 0.1) is 13.7 Å². The molecule has 0 unspecified atom stereocenters. The van der Waals surface area contributed by atoms with Crippen LogP contribution in [0.25, 0.3) is 5.83 Å². The quantitative estimate of drug-likeness (QED) is 0.454. The molecule has 0 atom stereocenters. The largest absolute Gasteiger partial charge is 0.488 e. The summed E-state index contributed by atoms with van der Waals surface area (Å²) in [5.41, 5.74) is 0.563. The van der Waals surface area contributed by atoms with E-state index in [1.807, 2.05) is 18.2 Å².